The van der Waals surface area contributed by atoms with Gasteiger partial charge in [0.05, 0.1) is 0 Å². The summed E-state index contributed by atoms with van der Waals surface area (Å²) in [7, 11) is 0. The smallest absolute Gasteiger partial charge is 0.306 e. The van der Waals surface area contributed by atoms with Gasteiger partial charge in [-0.3, -0.25) is 14.4 Å². The molecular formula is C67H114O6. The Kier molecular flexibility index (Phi) is 57.8. The van der Waals surface area contributed by atoms with E-state index in [0.29, 0.717) is 19.3 Å². The summed E-state index contributed by atoms with van der Waals surface area (Å²) in [4.78, 5) is 38.3. The number of allylic oxidation sites excluding steroid dienone is 16. The SMILES string of the molecule is CC/C=C\C/C=C\C/C=C\C/C=C\C/C=C\CCCCCCCC(=O)OCC(COC(=O)CCCCCCCCCCCCCCCCC)OC(=O)CCCCCCCC/C=C\C/C=C\C/C=C\CCCCC. The maximum Gasteiger partial charge on any atom is 0.306 e. The first-order valence-electron chi connectivity index (χ1n) is 30.7. The number of rotatable bonds is 55. The van der Waals surface area contributed by atoms with Crippen LogP contribution in [0.25, 0.3) is 0 Å². The van der Waals surface area contributed by atoms with Gasteiger partial charge < -0.3 is 14.2 Å². The van der Waals surface area contributed by atoms with Crippen molar-refractivity contribution >= 4 is 17.9 Å². The summed E-state index contributed by atoms with van der Waals surface area (Å²) < 4.78 is 16.9. The maximum absolute atomic E-state index is 12.9. The van der Waals surface area contributed by atoms with Crippen LogP contribution in [0.1, 0.15) is 290 Å². The lowest BCUT2D eigenvalue weighted by Gasteiger charge is -2.18. The monoisotopic (exact) mass is 1010 g/mol. The van der Waals surface area contributed by atoms with Crippen molar-refractivity contribution in [2.45, 2.75) is 297 Å². The van der Waals surface area contributed by atoms with Gasteiger partial charge >= 0.3 is 17.9 Å². The van der Waals surface area contributed by atoms with Crippen molar-refractivity contribution in [3.8, 4) is 0 Å². The van der Waals surface area contributed by atoms with Gasteiger partial charge in [-0.1, -0.05) is 266 Å². The number of ether oxygens (including phenoxy) is 3. The minimum atomic E-state index is -0.793. The summed E-state index contributed by atoms with van der Waals surface area (Å²) in [6.45, 7) is 6.50. The highest BCUT2D eigenvalue weighted by Crippen LogP contribution is 2.16. The molecule has 0 aliphatic carbocycles. The molecule has 1 unspecified atom stereocenters. The van der Waals surface area contributed by atoms with Gasteiger partial charge in [0.2, 0.25) is 0 Å². The molecule has 0 radical (unpaired) electrons. The lowest BCUT2D eigenvalue weighted by Crippen LogP contribution is -2.30. The third kappa shape index (κ3) is 59.1. The van der Waals surface area contributed by atoms with Crippen molar-refractivity contribution in [3.63, 3.8) is 0 Å². The van der Waals surface area contributed by atoms with E-state index in [1.807, 2.05) is 0 Å². The molecule has 0 aliphatic rings. The van der Waals surface area contributed by atoms with Gasteiger partial charge in [0.25, 0.3) is 0 Å². The zero-order chi connectivity index (χ0) is 52.9. The molecule has 0 aromatic rings. The average Bonchev–Trinajstić information content (AvgIpc) is 3.39. The lowest BCUT2D eigenvalue weighted by atomic mass is 10.0. The first-order chi connectivity index (χ1) is 36.0. The molecule has 0 amide bonds. The lowest BCUT2D eigenvalue weighted by molar-refractivity contribution is -0.167. The topological polar surface area (TPSA) is 78.9 Å². The highest BCUT2D eigenvalue weighted by Gasteiger charge is 2.19. The number of esters is 3. The van der Waals surface area contributed by atoms with E-state index in [-0.39, 0.29) is 31.1 Å². The summed E-state index contributed by atoms with van der Waals surface area (Å²) in [5, 5.41) is 0. The Morgan fingerprint density at radius 3 is 0.863 bits per heavy atom. The fraction of sp³-hybridized carbons (Fsp3) is 0.716. The molecule has 0 aliphatic heterocycles. The zero-order valence-electron chi connectivity index (χ0n) is 47.9. The molecule has 418 valence electrons. The molecule has 73 heavy (non-hydrogen) atoms. The standard InChI is InChI=1S/C67H114O6/c1-4-7-10-13-16-19-22-25-28-30-32-33-35-36-39-42-45-48-51-54-57-60-66(69)72-63-64(62-71-65(68)59-56-53-50-47-44-41-38-27-24-21-18-15-12-9-6-3)73-67(70)61-58-55-52-49-46-43-40-37-34-31-29-26-23-20-17-14-11-8-5-2/h7,10,16-17,19-20,25-26,28-29,32-34,36-37,39,64H,4-6,8-9,11-15,18,21-24,27,30-31,35,38,40-63H2,1-3H3/b10-7-,19-16-,20-17-,28-25-,29-26-,33-32-,37-34-,39-36-. The van der Waals surface area contributed by atoms with E-state index in [1.165, 1.54) is 116 Å². The molecule has 0 fully saturated rings. The molecule has 0 heterocycles. The number of carbonyl (C=O) groups excluding carboxylic acids is 3. The molecule has 6 nitrogen and oxygen atoms in total. The molecule has 0 spiro atoms. The minimum absolute atomic E-state index is 0.0875. The third-order valence-corrected chi connectivity index (χ3v) is 13.1. The summed E-state index contributed by atoms with van der Waals surface area (Å²) in [5.41, 5.74) is 0. The van der Waals surface area contributed by atoms with Crippen LogP contribution >= 0.6 is 0 Å². The van der Waals surface area contributed by atoms with Crippen LogP contribution in [0.4, 0.5) is 0 Å². The first-order valence-corrected chi connectivity index (χ1v) is 30.7. The summed E-state index contributed by atoms with van der Waals surface area (Å²) >= 11 is 0. The van der Waals surface area contributed by atoms with Crippen LogP contribution in [-0.2, 0) is 28.6 Å². The Bertz CT molecular complexity index is 1440. The van der Waals surface area contributed by atoms with E-state index in [4.69, 9.17) is 14.2 Å². The summed E-state index contributed by atoms with van der Waals surface area (Å²) in [5.74, 6) is -0.911. The number of carbonyl (C=O) groups is 3. The van der Waals surface area contributed by atoms with Gasteiger partial charge in [0.15, 0.2) is 6.10 Å². The van der Waals surface area contributed by atoms with Crippen molar-refractivity contribution in [1.29, 1.82) is 0 Å². The number of hydrogen-bond acceptors (Lipinski definition) is 6. The van der Waals surface area contributed by atoms with Gasteiger partial charge in [-0.25, -0.2) is 0 Å². The van der Waals surface area contributed by atoms with Crippen LogP contribution in [0.3, 0.4) is 0 Å². The molecule has 0 bridgehead atoms. The van der Waals surface area contributed by atoms with Gasteiger partial charge in [0.1, 0.15) is 13.2 Å². The van der Waals surface area contributed by atoms with Gasteiger partial charge in [-0.15, -0.1) is 0 Å². The van der Waals surface area contributed by atoms with Crippen molar-refractivity contribution in [3.05, 3.63) is 97.2 Å². The van der Waals surface area contributed by atoms with Crippen molar-refractivity contribution in [1.82, 2.24) is 0 Å². The molecule has 0 saturated carbocycles. The molecule has 0 N–H and O–H groups in total. The van der Waals surface area contributed by atoms with E-state index < -0.39 is 6.10 Å². The molecule has 0 aromatic heterocycles. The second kappa shape index (κ2) is 60.9. The predicted molar refractivity (Wildman–Crippen MR) is 316 cm³/mol. The van der Waals surface area contributed by atoms with Crippen LogP contribution in [0.2, 0.25) is 0 Å². The Balaban J connectivity index is 4.44. The largest absolute Gasteiger partial charge is 0.462 e. The van der Waals surface area contributed by atoms with Crippen LogP contribution in [0.5, 0.6) is 0 Å². The normalized spacial score (nSPS) is 12.8. The fourth-order valence-corrected chi connectivity index (χ4v) is 8.48. The van der Waals surface area contributed by atoms with Crippen LogP contribution in [0.15, 0.2) is 97.2 Å². The van der Waals surface area contributed by atoms with E-state index >= 15 is 0 Å². The molecule has 0 saturated heterocycles. The third-order valence-electron chi connectivity index (χ3n) is 13.1. The van der Waals surface area contributed by atoms with Crippen LogP contribution < -0.4 is 0 Å². The predicted octanol–water partition coefficient (Wildman–Crippen LogP) is 20.9. The quantitative estimate of drug-likeness (QED) is 0.0261. The zero-order valence-corrected chi connectivity index (χ0v) is 47.9. The van der Waals surface area contributed by atoms with Gasteiger partial charge in [0, 0.05) is 19.3 Å². The fourth-order valence-electron chi connectivity index (χ4n) is 8.48. The Morgan fingerprint density at radius 1 is 0.288 bits per heavy atom. The van der Waals surface area contributed by atoms with Gasteiger partial charge in [-0.05, 0) is 103 Å². The van der Waals surface area contributed by atoms with Crippen LogP contribution in [-0.4, -0.2) is 37.2 Å². The number of hydrogen-bond donors (Lipinski definition) is 0. The van der Waals surface area contributed by atoms with Crippen molar-refractivity contribution < 1.29 is 28.6 Å². The van der Waals surface area contributed by atoms with E-state index in [9.17, 15) is 14.4 Å². The molecule has 0 aromatic carbocycles. The minimum Gasteiger partial charge on any atom is -0.462 e. The summed E-state index contributed by atoms with van der Waals surface area (Å²) in [6.07, 6.45) is 81.1. The van der Waals surface area contributed by atoms with Crippen LogP contribution in [0, 0.1) is 0 Å². The Morgan fingerprint density at radius 2 is 0.534 bits per heavy atom. The highest BCUT2D eigenvalue weighted by molar-refractivity contribution is 5.71. The van der Waals surface area contributed by atoms with Crippen molar-refractivity contribution in [2.75, 3.05) is 13.2 Å². The Hall–Kier alpha value is -3.67. The van der Waals surface area contributed by atoms with Crippen molar-refractivity contribution in [2.24, 2.45) is 0 Å². The maximum atomic E-state index is 12.9. The first kappa shape index (κ1) is 69.3. The van der Waals surface area contributed by atoms with Gasteiger partial charge in [-0.2, -0.15) is 0 Å². The Labute approximate surface area is 451 Å². The number of unbranched alkanes of at least 4 members (excludes halogenated alkanes) is 28. The second-order valence-electron chi connectivity index (χ2n) is 20.2. The molecular weight excluding hydrogens is 901 g/mol. The highest BCUT2D eigenvalue weighted by atomic mass is 16.6. The van der Waals surface area contributed by atoms with E-state index in [1.54, 1.807) is 0 Å². The molecule has 0 rings (SSSR count). The molecule has 6 heteroatoms. The second-order valence-corrected chi connectivity index (χ2v) is 20.2. The van der Waals surface area contributed by atoms with E-state index in [0.717, 1.165) is 135 Å². The average molecular weight is 1020 g/mol. The molecule has 1 atom stereocenters. The summed E-state index contributed by atoms with van der Waals surface area (Å²) in [6, 6.07) is 0. The van der Waals surface area contributed by atoms with E-state index in [2.05, 4.69) is 118 Å².